The lowest BCUT2D eigenvalue weighted by molar-refractivity contribution is -0.114. The summed E-state index contributed by atoms with van der Waals surface area (Å²) in [5.41, 5.74) is 4.67. The van der Waals surface area contributed by atoms with E-state index < -0.39 is 0 Å². The number of rotatable bonds is 6. The number of fused-ring (bicyclic) bond motifs is 1. The topological polar surface area (TPSA) is 49.4 Å². The Balaban J connectivity index is 1.52. The molecule has 3 aromatic rings. The van der Waals surface area contributed by atoms with E-state index in [1.165, 1.54) is 17.3 Å². The van der Waals surface area contributed by atoms with Gasteiger partial charge in [0.2, 0.25) is 0 Å². The number of benzene rings is 3. The fourth-order valence-corrected chi connectivity index (χ4v) is 5.00. The highest BCUT2D eigenvalue weighted by atomic mass is 32.2. The van der Waals surface area contributed by atoms with Crippen molar-refractivity contribution >= 4 is 35.3 Å². The van der Waals surface area contributed by atoms with E-state index in [9.17, 15) is 9.59 Å². The molecule has 168 valence electrons. The van der Waals surface area contributed by atoms with Gasteiger partial charge in [-0.25, -0.2) is 0 Å². The molecule has 0 saturated carbocycles. The van der Waals surface area contributed by atoms with Gasteiger partial charge in [0.1, 0.15) is 0 Å². The predicted molar refractivity (Wildman–Crippen MR) is 137 cm³/mol. The summed E-state index contributed by atoms with van der Waals surface area (Å²) in [6.45, 7) is 4.11. The number of aryl methyl sites for hydroxylation is 1. The van der Waals surface area contributed by atoms with Crippen molar-refractivity contribution in [3.8, 4) is 0 Å². The third kappa shape index (κ3) is 5.37. The molecule has 1 aliphatic rings. The van der Waals surface area contributed by atoms with Gasteiger partial charge in [0.05, 0.1) is 10.6 Å². The molecule has 2 amide bonds. The van der Waals surface area contributed by atoms with Crippen LogP contribution in [0.4, 0.5) is 5.69 Å². The second-order valence-corrected chi connectivity index (χ2v) is 9.42. The number of carbonyl (C=O) groups excluding carboxylic acids is 2. The molecule has 0 aliphatic carbocycles. The average molecular weight is 457 g/mol. The summed E-state index contributed by atoms with van der Waals surface area (Å²) >= 11 is 1.45. The van der Waals surface area contributed by atoms with Gasteiger partial charge in [-0.05, 0) is 55.2 Å². The zero-order valence-corrected chi connectivity index (χ0v) is 20.0. The largest absolute Gasteiger partial charge is 0.349 e. The summed E-state index contributed by atoms with van der Waals surface area (Å²) in [5.74, 6) is -0.186. The van der Waals surface area contributed by atoms with E-state index in [4.69, 9.17) is 0 Å². The van der Waals surface area contributed by atoms with Crippen LogP contribution in [-0.2, 0) is 11.2 Å². The second kappa shape index (κ2) is 10.1. The van der Waals surface area contributed by atoms with Crippen LogP contribution in [0.2, 0.25) is 0 Å². The minimum absolute atomic E-state index is 0.0496. The van der Waals surface area contributed by atoms with Crippen molar-refractivity contribution in [1.82, 2.24) is 5.32 Å². The first-order valence-electron chi connectivity index (χ1n) is 11.2. The number of hydrogen-bond donors (Lipinski definition) is 1. The van der Waals surface area contributed by atoms with E-state index in [1.54, 1.807) is 11.9 Å². The van der Waals surface area contributed by atoms with Crippen molar-refractivity contribution in [2.75, 3.05) is 11.9 Å². The lowest BCUT2D eigenvalue weighted by Gasteiger charge is -2.27. The second-order valence-electron chi connectivity index (χ2n) is 8.34. The highest BCUT2D eigenvalue weighted by Crippen LogP contribution is 2.42. The number of nitrogens with one attached hydrogen (secondary N) is 1. The van der Waals surface area contributed by atoms with Crippen LogP contribution < -0.4 is 10.2 Å². The third-order valence-corrected chi connectivity index (χ3v) is 6.89. The first-order valence-corrected chi connectivity index (χ1v) is 12.0. The zero-order valence-electron chi connectivity index (χ0n) is 19.2. The van der Waals surface area contributed by atoms with Crippen molar-refractivity contribution < 1.29 is 9.59 Å². The van der Waals surface area contributed by atoms with E-state index >= 15 is 0 Å². The molecule has 5 heteroatoms. The molecule has 33 heavy (non-hydrogen) atoms. The molecule has 1 atom stereocenters. The molecule has 4 rings (SSSR count). The van der Waals surface area contributed by atoms with Crippen LogP contribution in [0, 0.1) is 6.92 Å². The first kappa shape index (κ1) is 22.9. The van der Waals surface area contributed by atoms with Crippen LogP contribution in [0.1, 0.15) is 40.4 Å². The van der Waals surface area contributed by atoms with Crippen molar-refractivity contribution in [3.63, 3.8) is 0 Å². The number of thioether (sulfide) groups is 1. The summed E-state index contributed by atoms with van der Waals surface area (Å²) in [6, 6.07) is 23.9. The van der Waals surface area contributed by atoms with Crippen LogP contribution in [0.3, 0.4) is 0 Å². The molecule has 0 radical (unpaired) electrons. The third-order valence-electron chi connectivity index (χ3n) is 5.81. The van der Waals surface area contributed by atoms with Crippen LogP contribution >= 0.6 is 11.8 Å². The van der Waals surface area contributed by atoms with E-state index in [1.807, 2.05) is 67.6 Å². The maximum absolute atomic E-state index is 13.0. The molecule has 0 spiro atoms. The molecular formula is C28H28N2O2S. The Kier molecular flexibility index (Phi) is 6.99. The molecule has 0 bridgehead atoms. The predicted octanol–water partition coefficient (Wildman–Crippen LogP) is 5.86. The van der Waals surface area contributed by atoms with Gasteiger partial charge in [0.25, 0.3) is 11.8 Å². The van der Waals surface area contributed by atoms with Crippen molar-refractivity contribution in [1.29, 1.82) is 0 Å². The van der Waals surface area contributed by atoms with Gasteiger partial charge < -0.3 is 10.2 Å². The zero-order chi connectivity index (χ0) is 23.4. The molecule has 1 N–H and O–H groups in total. The number of nitrogens with zero attached hydrogens (tertiary/aromatic N) is 1. The molecule has 0 fully saturated rings. The Morgan fingerprint density at radius 1 is 1.06 bits per heavy atom. The van der Waals surface area contributed by atoms with Crippen molar-refractivity contribution in [3.05, 3.63) is 100.0 Å². The minimum atomic E-state index is -0.118. The van der Waals surface area contributed by atoms with Crippen molar-refractivity contribution in [2.24, 2.45) is 0 Å². The van der Waals surface area contributed by atoms with Crippen LogP contribution in [-0.4, -0.2) is 24.9 Å². The molecule has 1 heterocycles. The molecule has 1 aliphatic heterocycles. The van der Waals surface area contributed by atoms with Crippen LogP contribution in [0.5, 0.6) is 0 Å². The van der Waals surface area contributed by atoms with E-state index in [2.05, 4.69) is 30.4 Å². The maximum Gasteiger partial charge on any atom is 0.264 e. The number of hydrogen-bond acceptors (Lipinski definition) is 3. The molecule has 3 aromatic carbocycles. The minimum Gasteiger partial charge on any atom is -0.349 e. The molecule has 0 aromatic heterocycles. The first-order chi connectivity index (χ1) is 15.9. The lowest BCUT2D eigenvalue weighted by atomic mass is 10.0. The number of anilines is 1. The Labute approximate surface area is 199 Å². The molecule has 0 saturated heterocycles. The summed E-state index contributed by atoms with van der Waals surface area (Å²) in [5, 5.41) is 3.15. The summed E-state index contributed by atoms with van der Waals surface area (Å²) in [4.78, 5) is 29.3. The molecular weight excluding hydrogens is 428 g/mol. The highest BCUT2D eigenvalue weighted by Gasteiger charge is 2.27. The monoisotopic (exact) mass is 456 g/mol. The fourth-order valence-electron chi connectivity index (χ4n) is 3.91. The molecule has 0 unspecified atom stereocenters. The Morgan fingerprint density at radius 2 is 1.85 bits per heavy atom. The number of likely N-dealkylation sites (N-methyl/N-ethyl adjacent to an activating group) is 1. The summed E-state index contributed by atoms with van der Waals surface area (Å²) in [6.07, 6.45) is 3.55. The van der Waals surface area contributed by atoms with E-state index in [0.717, 1.165) is 34.6 Å². The fraction of sp³-hybridized carbons (Fsp3) is 0.214. The lowest BCUT2D eigenvalue weighted by Crippen LogP contribution is -2.36. The van der Waals surface area contributed by atoms with Gasteiger partial charge in [-0.15, -0.1) is 0 Å². The van der Waals surface area contributed by atoms with Gasteiger partial charge in [0.15, 0.2) is 0 Å². The van der Waals surface area contributed by atoms with Gasteiger partial charge in [-0.2, -0.15) is 0 Å². The number of amides is 2. The van der Waals surface area contributed by atoms with Crippen LogP contribution in [0.25, 0.3) is 6.08 Å². The SMILES string of the molecule is CC[C@@H](Cc1ccccc1)NC(=O)c1ccc2c(c1)N(C)C(=O)/C(=C\c1cccc(C)c1)S2. The number of carbonyl (C=O) groups is 2. The van der Waals surface area contributed by atoms with Gasteiger partial charge in [0, 0.05) is 23.5 Å². The quantitative estimate of drug-likeness (QED) is 0.473. The standard InChI is InChI=1S/C28H28N2O2S/c1-4-23(16-20-10-6-5-7-11-20)29-27(31)22-13-14-25-24(18-22)30(3)28(32)26(33-25)17-21-12-8-9-19(2)15-21/h5-15,17-18,23H,4,16H2,1-3H3,(H,29,31)/b26-17+/t23-/m0/s1. The van der Waals surface area contributed by atoms with Crippen LogP contribution in [0.15, 0.2) is 82.6 Å². The van der Waals surface area contributed by atoms with Gasteiger partial charge in [-0.1, -0.05) is 78.8 Å². The van der Waals surface area contributed by atoms with E-state index in [-0.39, 0.29) is 17.9 Å². The Hall–Kier alpha value is -3.31. The Bertz CT molecular complexity index is 1200. The average Bonchev–Trinajstić information content (AvgIpc) is 2.82. The summed E-state index contributed by atoms with van der Waals surface area (Å²) in [7, 11) is 1.76. The van der Waals surface area contributed by atoms with Gasteiger partial charge >= 0.3 is 0 Å². The smallest absolute Gasteiger partial charge is 0.264 e. The summed E-state index contributed by atoms with van der Waals surface area (Å²) < 4.78 is 0. The molecule has 4 nitrogen and oxygen atoms in total. The Morgan fingerprint density at radius 3 is 2.58 bits per heavy atom. The van der Waals surface area contributed by atoms with Crippen molar-refractivity contribution in [2.45, 2.75) is 37.6 Å². The van der Waals surface area contributed by atoms with Gasteiger partial charge in [-0.3, -0.25) is 9.59 Å². The van der Waals surface area contributed by atoms with E-state index in [0.29, 0.717) is 10.5 Å². The normalized spacial score (nSPS) is 15.3. The maximum atomic E-state index is 13.0. The highest BCUT2D eigenvalue weighted by molar-refractivity contribution is 8.04.